The zero-order valence-electron chi connectivity index (χ0n) is 17.3. The van der Waals surface area contributed by atoms with Gasteiger partial charge in [0, 0.05) is 11.1 Å². The Hall–Kier alpha value is -2.31. The summed E-state index contributed by atoms with van der Waals surface area (Å²) in [7, 11) is 0. The van der Waals surface area contributed by atoms with Crippen molar-refractivity contribution in [3.05, 3.63) is 63.4 Å². The summed E-state index contributed by atoms with van der Waals surface area (Å²) in [6.45, 7) is 1.99. The fourth-order valence-electron chi connectivity index (χ4n) is 4.12. The molecule has 0 bridgehead atoms. The van der Waals surface area contributed by atoms with Crippen LogP contribution in [0, 0.1) is 18.8 Å². The van der Waals surface area contributed by atoms with Crippen LogP contribution < -0.4 is 10.9 Å². The van der Waals surface area contributed by atoms with Gasteiger partial charge in [-0.1, -0.05) is 35.5 Å². The summed E-state index contributed by atoms with van der Waals surface area (Å²) in [6, 6.07) is 13.2. The summed E-state index contributed by atoms with van der Waals surface area (Å²) in [5, 5.41) is 4.77. The molecule has 0 saturated heterocycles. The van der Waals surface area contributed by atoms with Crippen LogP contribution in [-0.2, 0) is 4.79 Å². The summed E-state index contributed by atoms with van der Waals surface area (Å²) in [5.74, 6) is 1.52. The smallest absolute Gasteiger partial charge is 0.266 e. The Morgan fingerprint density at radius 3 is 2.61 bits per heavy atom. The number of carbonyl (C=O) groups excluding carboxylic acids is 1. The minimum atomic E-state index is -0.163. The van der Waals surface area contributed by atoms with E-state index in [1.54, 1.807) is 22.8 Å². The number of halogens is 1. The first-order chi connectivity index (χ1) is 15.0. The van der Waals surface area contributed by atoms with E-state index in [0.717, 1.165) is 11.3 Å². The molecule has 2 aliphatic carbocycles. The van der Waals surface area contributed by atoms with Crippen LogP contribution in [0.15, 0.2) is 52.4 Å². The molecule has 3 aromatic rings. The van der Waals surface area contributed by atoms with Gasteiger partial charge in [0.05, 0.1) is 22.3 Å². The number of aryl methyl sites for hydroxylation is 1. The molecule has 5 rings (SSSR count). The maximum absolute atomic E-state index is 13.4. The van der Waals surface area contributed by atoms with Crippen molar-refractivity contribution in [3.8, 4) is 5.69 Å². The maximum Gasteiger partial charge on any atom is 0.266 e. The third-order valence-corrected chi connectivity index (χ3v) is 7.15. The van der Waals surface area contributed by atoms with E-state index in [2.05, 4.69) is 5.32 Å². The van der Waals surface area contributed by atoms with E-state index in [1.807, 2.05) is 31.2 Å². The Bertz CT molecular complexity index is 1210. The van der Waals surface area contributed by atoms with Crippen molar-refractivity contribution in [1.29, 1.82) is 0 Å². The lowest BCUT2D eigenvalue weighted by Gasteiger charge is -2.18. The van der Waals surface area contributed by atoms with Crippen molar-refractivity contribution in [2.45, 2.75) is 43.8 Å². The Morgan fingerprint density at radius 1 is 1.19 bits per heavy atom. The number of nitrogens with one attached hydrogen (secondary N) is 1. The van der Waals surface area contributed by atoms with Gasteiger partial charge in [0.15, 0.2) is 5.16 Å². The van der Waals surface area contributed by atoms with Crippen molar-refractivity contribution in [2.75, 3.05) is 5.75 Å². The highest BCUT2D eigenvalue weighted by atomic mass is 35.5. The molecule has 31 heavy (non-hydrogen) atoms. The lowest BCUT2D eigenvalue weighted by Crippen LogP contribution is -2.39. The Kier molecular flexibility index (Phi) is 5.52. The summed E-state index contributed by atoms with van der Waals surface area (Å²) in [6.07, 6.45) is 4.87. The van der Waals surface area contributed by atoms with Crippen molar-refractivity contribution >= 4 is 40.2 Å². The van der Waals surface area contributed by atoms with Gasteiger partial charge in [0.25, 0.3) is 5.56 Å². The molecule has 0 spiro atoms. The van der Waals surface area contributed by atoms with Gasteiger partial charge < -0.3 is 5.32 Å². The van der Waals surface area contributed by atoms with E-state index in [9.17, 15) is 9.59 Å². The van der Waals surface area contributed by atoms with Gasteiger partial charge in [-0.05, 0) is 80.3 Å². The van der Waals surface area contributed by atoms with Gasteiger partial charge in [-0.3, -0.25) is 14.2 Å². The van der Waals surface area contributed by atoms with Crippen LogP contribution >= 0.6 is 23.4 Å². The van der Waals surface area contributed by atoms with E-state index >= 15 is 0 Å². The van der Waals surface area contributed by atoms with E-state index in [0.29, 0.717) is 39.0 Å². The number of rotatable bonds is 7. The predicted molar refractivity (Wildman–Crippen MR) is 125 cm³/mol. The average molecular weight is 454 g/mol. The van der Waals surface area contributed by atoms with Gasteiger partial charge >= 0.3 is 0 Å². The monoisotopic (exact) mass is 453 g/mol. The maximum atomic E-state index is 13.4. The van der Waals surface area contributed by atoms with E-state index in [-0.39, 0.29) is 17.2 Å². The molecular weight excluding hydrogens is 430 g/mol. The number of aromatic nitrogens is 2. The number of amides is 1. The molecule has 160 valence electrons. The van der Waals surface area contributed by atoms with Gasteiger partial charge in [0.2, 0.25) is 5.91 Å². The number of hydrogen-bond donors (Lipinski definition) is 1. The minimum absolute atomic E-state index is 0.00466. The fraction of sp³-hybridized carbons (Fsp3) is 0.375. The number of nitrogens with zero attached hydrogens (tertiary/aromatic N) is 2. The summed E-state index contributed by atoms with van der Waals surface area (Å²) >= 11 is 7.43. The van der Waals surface area contributed by atoms with Gasteiger partial charge in [0.1, 0.15) is 0 Å². The standard InChI is InChI=1S/C24H24ClN3O2S/c1-14-3-2-4-18(11-14)28-23(30)19-10-9-17(25)12-20(19)26-24(28)31-13-21(29)27-22(15-5-6-15)16-7-8-16/h2-4,9-12,15-16,22H,5-8,13H2,1H3,(H,27,29). The third-order valence-electron chi connectivity index (χ3n) is 5.98. The lowest BCUT2D eigenvalue weighted by atomic mass is 10.1. The molecule has 1 heterocycles. The number of benzene rings is 2. The van der Waals surface area contributed by atoms with Crippen molar-refractivity contribution in [2.24, 2.45) is 11.8 Å². The zero-order chi connectivity index (χ0) is 21.5. The molecule has 2 saturated carbocycles. The second-order valence-corrected chi connectivity index (χ2v) is 9.97. The second-order valence-electron chi connectivity index (χ2n) is 8.59. The molecule has 5 nitrogen and oxygen atoms in total. The molecule has 2 fully saturated rings. The molecule has 1 aromatic heterocycles. The van der Waals surface area contributed by atoms with Crippen LogP contribution in [0.2, 0.25) is 5.02 Å². The lowest BCUT2D eigenvalue weighted by molar-refractivity contribution is -0.119. The molecule has 7 heteroatoms. The fourth-order valence-corrected chi connectivity index (χ4v) is 5.11. The SMILES string of the molecule is Cc1cccc(-n2c(SCC(=O)NC(C3CC3)C3CC3)nc3cc(Cl)ccc3c2=O)c1. The highest BCUT2D eigenvalue weighted by Crippen LogP contribution is 2.44. The molecule has 1 amide bonds. The molecule has 0 aliphatic heterocycles. The van der Waals surface area contributed by atoms with Gasteiger partial charge in [-0.2, -0.15) is 0 Å². The Labute approximate surface area is 190 Å². The van der Waals surface area contributed by atoms with Crippen molar-refractivity contribution in [3.63, 3.8) is 0 Å². The molecule has 2 aromatic carbocycles. The molecule has 0 unspecified atom stereocenters. The Balaban J connectivity index is 1.46. The highest BCUT2D eigenvalue weighted by Gasteiger charge is 2.42. The van der Waals surface area contributed by atoms with Crippen molar-refractivity contribution in [1.82, 2.24) is 14.9 Å². The van der Waals surface area contributed by atoms with Crippen LogP contribution in [-0.4, -0.2) is 27.3 Å². The number of carbonyl (C=O) groups is 1. The van der Waals surface area contributed by atoms with Gasteiger partial charge in [-0.15, -0.1) is 0 Å². The molecule has 0 atom stereocenters. The Morgan fingerprint density at radius 2 is 1.94 bits per heavy atom. The minimum Gasteiger partial charge on any atom is -0.352 e. The van der Waals surface area contributed by atoms with Crippen LogP contribution in [0.5, 0.6) is 0 Å². The topological polar surface area (TPSA) is 64.0 Å². The largest absolute Gasteiger partial charge is 0.352 e. The quantitative estimate of drug-likeness (QED) is 0.414. The summed E-state index contributed by atoms with van der Waals surface area (Å²) in [4.78, 5) is 30.8. The first-order valence-electron chi connectivity index (χ1n) is 10.7. The molecule has 1 N–H and O–H groups in total. The van der Waals surface area contributed by atoms with Crippen molar-refractivity contribution < 1.29 is 4.79 Å². The molecule has 2 aliphatic rings. The molecular formula is C24H24ClN3O2S. The summed E-state index contributed by atoms with van der Waals surface area (Å²) in [5.41, 5.74) is 2.17. The normalized spacial score (nSPS) is 16.1. The molecule has 0 radical (unpaired) electrons. The number of hydrogen-bond acceptors (Lipinski definition) is 4. The van der Waals surface area contributed by atoms with Crippen LogP contribution in [0.1, 0.15) is 31.2 Å². The second kappa shape index (κ2) is 8.32. The number of thioether (sulfide) groups is 1. The first-order valence-corrected chi connectivity index (χ1v) is 12.1. The zero-order valence-corrected chi connectivity index (χ0v) is 18.9. The number of fused-ring (bicyclic) bond motifs is 1. The third kappa shape index (κ3) is 4.51. The van der Waals surface area contributed by atoms with E-state index in [1.165, 1.54) is 37.4 Å². The van der Waals surface area contributed by atoms with Crippen LogP contribution in [0.4, 0.5) is 0 Å². The van der Waals surface area contributed by atoms with Gasteiger partial charge in [-0.25, -0.2) is 4.98 Å². The van der Waals surface area contributed by atoms with Crippen LogP contribution in [0.25, 0.3) is 16.6 Å². The first kappa shape index (κ1) is 20.6. The predicted octanol–water partition coefficient (Wildman–Crippen LogP) is 4.74. The average Bonchev–Trinajstić information content (AvgIpc) is 3.64. The van der Waals surface area contributed by atoms with Crippen LogP contribution in [0.3, 0.4) is 0 Å². The highest BCUT2D eigenvalue weighted by molar-refractivity contribution is 7.99. The summed E-state index contributed by atoms with van der Waals surface area (Å²) < 4.78 is 1.60. The van der Waals surface area contributed by atoms with E-state index in [4.69, 9.17) is 16.6 Å². The van der Waals surface area contributed by atoms with E-state index < -0.39 is 0 Å².